The van der Waals surface area contributed by atoms with Gasteiger partial charge in [-0.2, -0.15) is 11.8 Å². The third-order valence-electron chi connectivity index (χ3n) is 1.98. The van der Waals surface area contributed by atoms with Crippen LogP contribution in [0.2, 0.25) is 0 Å². The number of nitrogens with one attached hydrogen (secondary N) is 2. The number of anilines is 2. The maximum Gasteiger partial charge on any atom is 0.191 e. The molecule has 0 aliphatic carbocycles. The molecule has 0 saturated carbocycles. The highest BCUT2D eigenvalue weighted by molar-refractivity contribution is 7.98. The summed E-state index contributed by atoms with van der Waals surface area (Å²) in [6, 6.07) is 1.93. The van der Waals surface area contributed by atoms with Crippen molar-refractivity contribution in [2.75, 3.05) is 42.5 Å². The van der Waals surface area contributed by atoms with E-state index in [0.29, 0.717) is 0 Å². The Labute approximate surface area is 105 Å². The van der Waals surface area contributed by atoms with Crippen LogP contribution in [-0.2, 0) is 0 Å². The van der Waals surface area contributed by atoms with Gasteiger partial charge in [-0.05, 0) is 24.7 Å². The van der Waals surface area contributed by atoms with Gasteiger partial charge in [0.2, 0.25) is 0 Å². The molecule has 6 heteroatoms. The van der Waals surface area contributed by atoms with Crippen LogP contribution in [0.3, 0.4) is 0 Å². The first-order chi connectivity index (χ1) is 7.80. The molecule has 0 radical (unpaired) electrons. The lowest BCUT2D eigenvalue weighted by molar-refractivity contribution is 0.933. The highest BCUT2D eigenvalue weighted by Crippen LogP contribution is 2.16. The molecular weight excluding hydrogens is 240 g/mol. The van der Waals surface area contributed by atoms with E-state index in [9.17, 15) is 0 Å². The third kappa shape index (κ3) is 4.49. The van der Waals surface area contributed by atoms with Crippen molar-refractivity contribution in [3.8, 4) is 0 Å². The molecule has 1 aromatic heterocycles. The number of rotatable bonds is 7. The Bertz CT molecular complexity index is 297. The van der Waals surface area contributed by atoms with Crippen LogP contribution in [0.15, 0.2) is 11.2 Å². The standard InChI is InChI=1S/C10H18N4S2/c1-11-8-7-9(12-5-4-6-15-2)14-10(13-8)16-3/h7H,4-6H2,1-3H3,(H2,11,12,13,14). The molecule has 0 spiro atoms. The lowest BCUT2D eigenvalue weighted by Gasteiger charge is -2.08. The molecule has 0 aliphatic heterocycles. The molecule has 16 heavy (non-hydrogen) atoms. The van der Waals surface area contributed by atoms with Gasteiger partial charge < -0.3 is 10.6 Å². The number of hydrogen-bond acceptors (Lipinski definition) is 6. The molecule has 2 N–H and O–H groups in total. The Morgan fingerprint density at radius 1 is 1.25 bits per heavy atom. The number of thioether (sulfide) groups is 2. The number of hydrogen-bond donors (Lipinski definition) is 2. The first kappa shape index (κ1) is 13.4. The second-order valence-corrected chi connectivity index (χ2v) is 4.91. The van der Waals surface area contributed by atoms with E-state index < -0.39 is 0 Å². The largest absolute Gasteiger partial charge is 0.373 e. The average Bonchev–Trinajstić information content (AvgIpc) is 2.34. The lowest BCUT2D eigenvalue weighted by atomic mass is 10.4. The van der Waals surface area contributed by atoms with Gasteiger partial charge in [0.1, 0.15) is 11.6 Å². The van der Waals surface area contributed by atoms with E-state index in [1.807, 2.05) is 31.1 Å². The summed E-state index contributed by atoms with van der Waals surface area (Å²) in [5.41, 5.74) is 0. The molecule has 0 atom stereocenters. The van der Waals surface area contributed by atoms with Crippen LogP contribution >= 0.6 is 23.5 Å². The normalized spacial score (nSPS) is 10.2. The molecule has 0 bridgehead atoms. The fourth-order valence-corrected chi connectivity index (χ4v) is 1.98. The average molecular weight is 258 g/mol. The van der Waals surface area contributed by atoms with E-state index in [0.717, 1.165) is 29.8 Å². The quantitative estimate of drug-likeness (QED) is 0.445. The summed E-state index contributed by atoms with van der Waals surface area (Å²) in [5.74, 6) is 2.92. The van der Waals surface area contributed by atoms with Gasteiger partial charge in [0.25, 0.3) is 0 Å². The minimum Gasteiger partial charge on any atom is -0.373 e. The van der Waals surface area contributed by atoms with Crippen LogP contribution < -0.4 is 10.6 Å². The van der Waals surface area contributed by atoms with Crippen molar-refractivity contribution in [2.45, 2.75) is 11.6 Å². The molecule has 90 valence electrons. The van der Waals surface area contributed by atoms with Crippen molar-refractivity contribution in [1.82, 2.24) is 9.97 Å². The van der Waals surface area contributed by atoms with E-state index in [1.54, 1.807) is 11.8 Å². The predicted octanol–water partition coefficient (Wildman–Crippen LogP) is 2.41. The van der Waals surface area contributed by atoms with Crippen molar-refractivity contribution >= 4 is 35.2 Å². The molecule has 0 saturated heterocycles. The van der Waals surface area contributed by atoms with Gasteiger partial charge in [-0.15, -0.1) is 0 Å². The summed E-state index contributed by atoms with van der Waals surface area (Å²) < 4.78 is 0. The lowest BCUT2D eigenvalue weighted by Crippen LogP contribution is -2.06. The monoisotopic (exact) mass is 258 g/mol. The van der Waals surface area contributed by atoms with Crippen molar-refractivity contribution in [1.29, 1.82) is 0 Å². The van der Waals surface area contributed by atoms with Gasteiger partial charge in [-0.25, -0.2) is 9.97 Å². The van der Waals surface area contributed by atoms with E-state index in [2.05, 4.69) is 26.9 Å². The molecule has 4 nitrogen and oxygen atoms in total. The van der Waals surface area contributed by atoms with Gasteiger partial charge >= 0.3 is 0 Å². The van der Waals surface area contributed by atoms with Crippen LogP contribution in [0.25, 0.3) is 0 Å². The Morgan fingerprint density at radius 3 is 2.62 bits per heavy atom. The van der Waals surface area contributed by atoms with Crippen LogP contribution in [-0.4, -0.2) is 41.8 Å². The molecule has 1 aromatic rings. The molecule has 1 heterocycles. The molecule has 0 amide bonds. The second kappa shape index (κ2) is 7.62. The molecular formula is C10H18N4S2. The van der Waals surface area contributed by atoms with Gasteiger partial charge in [0.05, 0.1) is 0 Å². The summed E-state index contributed by atoms with van der Waals surface area (Å²) in [6.07, 6.45) is 5.25. The van der Waals surface area contributed by atoms with Gasteiger partial charge in [0, 0.05) is 19.7 Å². The maximum absolute atomic E-state index is 4.39. The smallest absolute Gasteiger partial charge is 0.191 e. The zero-order chi connectivity index (χ0) is 11.8. The molecule has 0 aliphatic rings. The topological polar surface area (TPSA) is 49.8 Å². The Morgan fingerprint density at radius 2 is 2.00 bits per heavy atom. The fraction of sp³-hybridized carbons (Fsp3) is 0.600. The van der Waals surface area contributed by atoms with Gasteiger partial charge in [-0.1, -0.05) is 11.8 Å². The SMILES string of the molecule is CNc1cc(NCCCSC)nc(SC)n1. The van der Waals surface area contributed by atoms with Crippen LogP contribution in [0.4, 0.5) is 11.6 Å². The Balaban J connectivity index is 2.57. The molecule has 0 aromatic carbocycles. The Kier molecular flexibility index (Phi) is 6.40. The van der Waals surface area contributed by atoms with E-state index >= 15 is 0 Å². The summed E-state index contributed by atoms with van der Waals surface area (Å²) in [4.78, 5) is 8.70. The van der Waals surface area contributed by atoms with Gasteiger partial charge in [0.15, 0.2) is 5.16 Å². The van der Waals surface area contributed by atoms with E-state index in [1.165, 1.54) is 5.75 Å². The van der Waals surface area contributed by atoms with Gasteiger partial charge in [-0.3, -0.25) is 0 Å². The van der Waals surface area contributed by atoms with E-state index in [4.69, 9.17) is 0 Å². The van der Waals surface area contributed by atoms with Crippen molar-refractivity contribution < 1.29 is 0 Å². The first-order valence-electron chi connectivity index (χ1n) is 5.13. The first-order valence-corrected chi connectivity index (χ1v) is 7.75. The molecule has 0 unspecified atom stereocenters. The van der Waals surface area contributed by atoms with Crippen molar-refractivity contribution in [3.05, 3.63) is 6.07 Å². The summed E-state index contributed by atoms with van der Waals surface area (Å²) in [5, 5.41) is 7.14. The predicted molar refractivity (Wildman–Crippen MR) is 74.8 cm³/mol. The maximum atomic E-state index is 4.39. The number of aromatic nitrogens is 2. The highest BCUT2D eigenvalue weighted by Gasteiger charge is 2.01. The van der Waals surface area contributed by atoms with Crippen LogP contribution in [0, 0.1) is 0 Å². The zero-order valence-corrected chi connectivity index (χ0v) is 11.5. The van der Waals surface area contributed by atoms with Crippen LogP contribution in [0.5, 0.6) is 0 Å². The summed E-state index contributed by atoms with van der Waals surface area (Å²) in [7, 11) is 1.87. The number of nitrogens with zero attached hydrogens (tertiary/aromatic N) is 2. The molecule has 0 fully saturated rings. The minimum absolute atomic E-state index is 0.791. The van der Waals surface area contributed by atoms with Crippen molar-refractivity contribution in [3.63, 3.8) is 0 Å². The summed E-state index contributed by atoms with van der Waals surface area (Å²) >= 11 is 3.41. The second-order valence-electron chi connectivity index (χ2n) is 3.15. The summed E-state index contributed by atoms with van der Waals surface area (Å²) in [6.45, 7) is 0.953. The van der Waals surface area contributed by atoms with E-state index in [-0.39, 0.29) is 0 Å². The molecule has 1 rings (SSSR count). The Hall–Kier alpha value is -0.620. The fourth-order valence-electron chi connectivity index (χ4n) is 1.17. The zero-order valence-electron chi connectivity index (χ0n) is 9.91. The van der Waals surface area contributed by atoms with Crippen LogP contribution in [0.1, 0.15) is 6.42 Å². The third-order valence-corrected chi connectivity index (χ3v) is 3.22. The highest BCUT2D eigenvalue weighted by atomic mass is 32.2. The van der Waals surface area contributed by atoms with Crippen molar-refractivity contribution in [2.24, 2.45) is 0 Å². The minimum atomic E-state index is 0.791.